The molecule has 1 heterocycles. The highest BCUT2D eigenvalue weighted by atomic mass is 19.1. The summed E-state index contributed by atoms with van der Waals surface area (Å²) in [6, 6.07) is 4.94. The van der Waals surface area contributed by atoms with Crippen molar-refractivity contribution in [1.29, 1.82) is 0 Å². The Hall–Kier alpha value is -1.13. The van der Waals surface area contributed by atoms with E-state index >= 15 is 0 Å². The highest BCUT2D eigenvalue weighted by Gasteiger charge is 2.27. The monoisotopic (exact) mass is 238 g/mol. The zero-order valence-electron chi connectivity index (χ0n) is 10.1. The third-order valence-corrected chi connectivity index (χ3v) is 3.40. The molecule has 1 saturated heterocycles. The standard InChI is InChI=1S/C13H19FN2O/c1-13(17)4-6-16(7-5-13)9-10-2-3-12(15)11(14)8-10/h2-3,8,17H,4-7,9,15H2,1H3. The van der Waals surface area contributed by atoms with E-state index < -0.39 is 5.60 Å². The first-order chi connectivity index (χ1) is 7.96. The van der Waals surface area contributed by atoms with E-state index in [0.717, 1.165) is 31.5 Å². The second-order valence-electron chi connectivity index (χ2n) is 5.13. The predicted octanol–water partition coefficient (Wildman–Crippen LogP) is 1.75. The molecular weight excluding hydrogens is 219 g/mol. The predicted molar refractivity (Wildman–Crippen MR) is 65.9 cm³/mol. The second-order valence-corrected chi connectivity index (χ2v) is 5.13. The van der Waals surface area contributed by atoms with Crippen molar-refractivity contribution in [2.24, 2.45) is 0 Å². The van der Waals surface area contributed by atoms with Crippen LogP contribution in [-0.4, -0.2) is 28.7 Å². The molecule has 0 aliphatic carbocycles. The van der Waals surface area contributed by atoms with Gasteiger partial charge in [0.15, 0.2) is 0 Å². The summed E-state index contributed by atoms with van der Waals surface area (Å²) < 4.78 is 13.3. The van der Waals surface area contributed by atoms with Gasteiger partial charge in [-0.3, -0.25) is 4.90 Å². The van der Waals surface area contributed by atoms with Gasteiger partial charge in [0, 0.05) is 19.6 Å². The summed E-state index contributed by atoms with van der Waals surface area (Å²) in [5.74, 6) is -0.355. The van der Waals surface area contributed by atoms with Crippen LogP contribution in [0.15, 0.2) is 18.2 Å². The molecule has 1 aromatic carbocycles. The number of aliphatic hydroxyl groups is 1. The van der Waals surface area contributed by atoms with Crippen molar-refractivity contribution >= 4 is 5.69 Å². The van der Waals surface area contributed by atoms with Crippen molar-refractivity contribution < 1.29 is 9.50 Å². The summed E-state index contributed by atoms with van der Waals surface area (Å²) in [6.07, 6.45) is 1.54. The van der Waals surface area contributed by atoms with E-state index in [1.807, 2.05) is 13.0 Å². The normalized spacial score (nSPS) is 20.4. The van der Waals surface area contributed by atoms with Gasteiger partial charge >= 0.3 is 0 Å². The van der Waals surface area contributed by atoms with E-state index in [1.165, 1.54) is 6.07 Å². The quantitative estimate of drug-likeness (QED) is 0.772. The van der Waals surface area contributed by atoms with Crippen LogP contribution >= 0.6 is 0 Å². The van der Waals surface area contributed by atoms with E-state index in [0.29, 0.717) is 6.54 Å². The van der Waals surface area contributed by atoms with Crippen LogP contribution in [0.1, 0.15) is 25.3 Å². The van der Waals surface area contributed by atoms with Crippen molar-refractivity contribution in [2.45, 2.75) is 31.9 Å². The van der Waals surface area contributed by atoms with Crippen LogP contribution in [0.3, 0.4) is 0 Å². The lowest BCUT2D eigenvalue weighted by molar-refractivity contribution is -0.00731. The van der Waals surface area contributed by atoms with Crippen LogP contribution in [0.4, 0.5) is 10.1 Å². The molecule has 0 aromatic heterocycles. The Morgan fingerprint density at radius 1 is 1.41 bits per heavy atom. The summed E-state index contributed by atoms with van der Waals surface area (Å²) in [6.45, 7) is 4.28. The number of nitrogens with zero attached hydrogens (tertiary/aromatic N) is 1. The molecule has 0 saturated carbocycles. The molecule has 0 radical (unpaired) electrons. The summed E-state index contributed by atoms with van der Waals surface area (Å²) in [7, 11) is 0. The Morgan fingerprint density at radius 3 is 2.65 bits per heavy atom. The molecule has 0 unspecified atom stereocenters. The van der Waals surface area contributed by atoms with E-state index in [-0.39, 0.29) is 11.5 Å². The molecule has 0 amide bonds. The second kappa shape index (κ2) is 4.63. The van der Waals surface area contributed by atoms with Crippen molar-refractivity contribution in [1.82, 2.24) is 4.90 Å². The van der Waals surface area contributed by atoms with Crippen LogP contribution in [0.5, 0.6) is 0 Å². The van der Waals surface area contributed by atoms with Gasteiger partial charge in [0.2, 0.25) is 0 Å². The van der Waals surface area contributed by atoms with Crippen LogP contribution in [0.2, 0.25) is 0 Å². The lowest BCUT2D eigenvalue weighted by Gasteiger charge is -2.35. The number of likely N-dealkylation sites (tertiary alicyclic amines) is 1. The zero-order chi connectivity index (χ0) is 12.5. The van der Waals surface area contributed by atoms with Gasteiger partial charge in [-0.15, -0.1) is 0 Å². The highest BCUT2D eigenvalue weighted by molar-refractivity contribution is 5.41. The lowest BCUT2D eigenvalue weighted by atomic mass is 9.93. The van der Waals surface area contributed by atoms with Crippen LogP contribution in [0.25, 0.3) is 0 Å². The molecule has 94 valence electrons. The number of piperidine rings is 1. The zero-order valence-corrected chi connectivity index (χ0v) is 10.1. The molecule has 1 fully saturated rings. The van der Waals surface area contributed by atoms with Crippen molar-refractivity contribution in [3.63, 3.8) is 0 Å². The van der Waals surface area contributed by atoms with Gasteiger partial charge in [0.25, 0.3) is 0 Å². The minimum atomic E-state index is -0.539. The first kappa shape index (κ1) is 12.3. The number of rotatable bonds is 2. The fraction of sp³-hybridized carbons (Fsp3) is 0.538. The van der Waals surface area contributed by atoms with E-state index in [4.69, 9.17) is 5.73 Å². The SMILES string of the molecule is CC1(O)CCN(Cc2ccc(N)c(F)c2)CC1. The Balaban J connectivity index is 1.95. The minimum Gasteiger partial charge on any atom is -0.396 e. The molecule has 1 aliphatic rings. The molecule has 17 heavy (non-hydrogen) atoms. The Labute approximate surface area is 101 Å². The van der Waals surface area contributed by atoms with Gasteiger partial charge in [-0.25, -0.2) is 4.39 Å². The Kier molecular flexibility index (Phi) is 3.35. The molecule has 0 spiro atoms. The molecular formula is C13H19FN2O. The number of nitrogen functional groups attached to an aromatic ring is 1. The molecule has 1 aromatic rings. The minimum absolute atomic E-state index is 0.190. The third-order valence-electron chi connectivity index (χ3n) is 3.40. The smallest absolute Gasteiger partial charge is 0.146 e. The fourth-order valence-electron chi connectivity index (χ4n) is 2.12. The lowest BCUT2D eigenvalue weighted by Crippen LogP contribution is -2.41. The first-order valence-corrected chi connectivity index (χ1v) is 5.95. The van der Waals surface area contributed by atoms with E-state index in [1.54, 1.807) is 6.07 Å². The molecule has 0 bridgehead atoms. The number of benzene rings is 1. The number of anilines is 1. The molecule has 1 aliphatic heterocycles. The average molecular weight is 238 g/mol. The van der Waals surface area contributed by atoms with Crippen LogP contribution < -0.4 is 5.73 Å². The van der Waals surface area contributed by atoms with Crippen molar-refractivity contribution in [3.05, 3.63) is 29.6 Å². The Morgan fingerprint density at radius 2 is 2.06 bits per heavy atom. The third kappa shape index (κ3) is 3.17. The largest absolute Gasteiger partial charge is 0.396 e. The molecule has 0 atom stereocenters. The molecule has 4 heteroatoms. The van der Waals surface area contributed by atoms with Gasteiger partial charge < -0.3 is 10.8 Å². The molecule has 3 nitrogen and oxygen atoms in total. The fourth-order valence-corrected chi connectivity index (χ4v) is 2.12. The molecule has 3 N–H and O–H groups in total. The van der Waals surface area contributed by atoms with Crippen molar-refractivity contribution in [3.8, 4) is 0 Å². The highest BCUT2D eigenvalue weighted by Crippen LogP contribution is 2.23. The number of hydrogen-bond donors (Lipinski definition) is 2. The summed E-state index contributed by atoms with van der Waals surface area (Å²) >= 11 is 0. The Bertz CT molecular complexity index is 396. The van der Waals surface area contributed by atoms with Gasteiger partial charge in [-0.1, -0.05) is 6.07 Å². The van der Waals surface area contributed by atoms with E-state index in [9.17, 15) is 9.50 Å². The maximum Gasteiger partial charge on any atom is 0.146 e. The summed E-state index contributed by atoms with van der Waals surface area (Å²) in [4.78, 5) is 2.23. The maximum absolute atomic E-state index is 13.3. The van der Waals surface area contributed by atoms with Gasteiger partial charge in [-0.05, 0) is 37.5 Å². The van der Waals surface area contributed by atoms with Crippen molar-refractivity contribution in [2.75, 3.05) is 18.8 Å². The summed E-state index contributed by atoms with van der Waals surface area (Å²) in [5, 5.41) is 9.84. The van der Waals surface area contributed by atoms with Gasteiger partial charge in [-0.2, -0.15) is 0 Å². The first-order valence-electron chi connectivity index (χ1n) is 5.95. The van der Waals surface area contributed by atoms with Crippen LogP contribution in [0, 0.1) is 5.82 Å². The summed E-state index contributed by atoms with van der Waals surface area (Å²) in [5.41, 5.74) is 6.02. The van der Waals surface area contributed by atoms with Gasteiger partial charge in [0.1, 0.15) is 5.82 Å². The van der Waals surface area contributed by atoms with Gasteiger partial charge in [0.05, 0.1) is 11.3 Å². The maximum atomic E-state index is 13.3. The average Bonchev–Trinajstić information content (AvgIpc) is 2.27. The van der Waals surface area contributed by atoms with Crippen LogP contribution in [-0.2, 0) is 6.54 Å². The van der Waals surface area contributed by atoms with E-state index in [2.05, 4.69) is 4.90 Å². The number of nitrogens with two attached hydrogens (primary N) is 1. The molecule has 2 rings (SSSR count). The number of halogens is 1. The topological polar surface area (TPSA) is 49.5 Å². The number of hydrogen-bond acceptors (Lipinski definition) is 3.